The summed E-state index contributed by atoms with van der Waals surface area (Å²) in [5.41, 5.74) is 11.4. The lowest BCUT2D eigenvalue weighted by Crippen LogP contribution is -2.02. The van der Waals surface area contributed by atoms with Crippen LogP contribution in [0.15, 0.2) is 42.5 Å². The Morgan fingerprint density at radius 2 is 1.63 bits per heavy atom. The first-order valence-corrected chi connectivity index (χ1v) is 6.86. The molecule has 3 rings (SSSR count). The van der Waals surface area contributed by atoms with Crippen LogP contribution >= 0.6 is 0 Å². The third-order valence-electron chi connectivity index (χ3n) is 3.97. The Kier molecular flexibility index (Phi) is 3.36. The molecule has 0 amide bonds. The second-order valence-corrected chi connectivity index (χ2v) is 5.23. The average molecular weight is 253 g/mol. The van der Waals surface area contributed by atoms with Crippen LogP contribution in [-0.2, 0) is 19.4 Å². The Morgan fingerprint density at radius 1 is 0.947 bits per heavy atom. The van der Waals surface area contributed by atoms with Crippen molar-refractivity contribution in [3.63, 3.8) is 0 Å². The highest BCUT2D eigenvalue weighted by molar-refractivity contribution is 5.39. The number of hydrogen-bond donors (Lipinski definition) is 2. The Hall–Kier alpha value is -1.64. The number of benzene rings is 2. The van der Waals surface area contributed by atoms with Crippen molar-refractivity contribution >= 4 is 0 Å². The molecule has 2 aromatic carbocycles. The maximum Gasteiger partial charge on any atom is 0.104 e. The lowest BCUT2D eigenvalue weighted by molar-refractivity contribution is 0.220. The molecule has 98 valence electrons. The predicted octanol–water partition coefficient (Wildman–Crippen LogP) is 2.72. The zero-order valence-corrected chi connectivity index (χ0v) is 11.0. The van der Waals surface area contributed by atoms with Crippen LogP contribution in [0.25, 0.3) is 0 Å². The molecule has 0 fully saturated rings. The van der Waals surface area contributed by atoms with Crippen molar-refractivity contribution in [2.45, 2.75) is 31.9 Å². The van der Waals surface area contributed by atoms with E-state index < -0.39 is 6.10 Å². The van der Waals surface area contributed by atoms with Gasteiger partial charge in [0.05, 0.1) is 0 Å². The van der Waals surface area contributed by atoms with Crippen LogP contribution in [0.3, 0.4) is 0 Å². The summed E-state index contributed by atoms with van der Waals surface area (Å²) < 4.78 is 0. The number of nitrogens with two attached hydrogens (primary N) is 1. The first kappa shape index (κ1) is 12.4. The topological polar surface area (TPSA) is 46.2 Å². The van der Waals surface area contributed by atoms with Crippen molar-refractivity contribution in [2.24, 2.45) is 5.73 Å². The Morgan fingerprint density at radius 3 is 2.37 bits per heavy atom. The SMILES string of the molecule is NCc1ccc(C(O)c2ccc3c(c2)CCC3)cc1. The van der Waals surface area contributed by atoms with Gasteiger partial charge in [0, 0.05) is 6.54 Å². The molecular formula is C17H19NO. The van der Waals surface area contributed by atoms with Crippen molar-refractivity contribution in [2.75, 3.05) is 0 Å². The van der Waals surface area contributed by atoms with Gasteiger partial charge in [0.15, 0.2) is 0 Å². The van der Waals surface area contributed by atoms with Crippen LogP contribution in [0.2, 0.25) is 0 Å². The molecule has 0 radical (unpaired) electrons. The zero-order chi connectivity index (χ0) is 13.2. The monoisotopic (exact) mass is 253 g/mol. The third kappa shape index (κ3) is 2.42. The zero-order valence-electron chi connectivity index (χ0n) is 11.0. The van der Waals surface area contributed by atoms with E-state index in [2.05, 4.69) is 12.1 Å². The maximum atomic E-state index is 10.5. The van der Waals surface area contributed by atoms with Crippen LogP contribution in [0.1, 0.15) is 40.3 Å². The molecule has 2 nitrogen and oxygen atoms in total. The van der Waals surface area contributed by atoms with Crippen LogP contribution in [0.4, 0.5) is 0 Å². The molecule has 1 atom stereocenters. The molecule has 1 unspecified atom stereocenters. The van der Waals surface area contributed by atoms with Crippen molar-refractivity contribution in [1.29, 1.82) is 0 Å². The van der Waals surface area contributed by atoms with Crippen molar-refractivity contribution in [3.05, 3.63) is 70.3 Å². The molecule has 0 heterocycles. The summed E-state index contributed by atoms with van der Waals surface area (Å²) in [5.74, 6) is 0. The van der Waals surface area contributed by atoms with E-state index in [0.29, 0.717) is 6.54 Å². The quantitative estimate of drug-likeness (QED) is 0.883. The number of fused-ring (bicyclic) bond motifs is 1. The Bertz CT molecular complexity index is 574. The highest BCUT2D eigenvalue weighted by Gasteiger charge is 2.15. The van der Waals surface area contributed by atoms with E-state index in [4.69, 9.17) is 5.73 Å². The maximum absolute atomic E-state index is 10.5. The normalized spacial score (nSPS) is 15.3. The number of rotatable bonds is 3. The van der Waals surface area contributed by atoms with E-state index >= 15 is 0 Å². The summed E-state index contributed by atoms with van der Waals surface area (Å²) in [6.45, 7) is 0.537. The largest absolute Gasteiger partial charge is 0.384 e. The van der Waals surface area contributed by atoms with E-state index in [1.807, 2.05) is 30.3 Å². The van der Waals surface area contributed by atoms with E-state index in [1.54, 1.807) is 0 Å². The molecule has 0 aromatic heterocycles. The number of aryl methyl sites for hydroxylation is 2. The summed E-state index contributed by atoms with van der Waals surface area (Å²) in [7, 11) is 0. The summed E-state index contributed by atoms with van der Waals surface area (Å²) in [5, 5.41) is 10.5. The summed E-state index contributed by atoms with van der Waals surface area (Å²) in [4.78, 5) is 0. The smallest absolute Gasteiger partial charge is 0.104 e. The van der Waals surface area contributed by atoms with E-state index in [9.17, 15) is 5.11 Å². The van der Waals surface area contributed by atoms with Gasteiger partial charge in [0.25, 0.3) is 0 Å². The van der Waals surface area contributed by atoms with Gasteiger partial charge in [0.2, 0.25) is 0 Å². The molecule has 0 aliphatic heterocycles. The molecule has 0 saturated heterocycles. The second kappa shape index (κ2) is 5.16. The van der Waals surface area contributed by atoms with Gasteiger partial charge in [-0.2, -0.15) is 0 Å². The molecule has 0 spiro atoms. The first-order valence-electron chi connectivity index (χ1n) is 6.86. The van der Waals surface area contributed by atoms with Crippen LogP contribution in [0, 0.1) is 0 Å². The van der Waals surface area contributed by atoms with Gasteiger partial charge < -0.3 is 10.8 Å². The van der Waals surface area contributed by atoms with E-state index in [-0.39, 0.29) is 0 Å². The number of aliphatic hydroxyl groups excluding tert-OH is 1. The second-order valence-electron chi connectivity index (χ2n) is 5.23. The summed E-state index contributed by atoms with van der Waals surface area (Å²) in [6.07, 6.45) is 3.01. The van der Waals surface area contributed by atoms with Crippen molar-refractivity contribution < 1.29 is 5.11 Å². The minimum atomic E-state index is -0.544. The van der Waals surface area contributed by atoms with Gasteiger partial charge in [-0.25, -0.2) is 0 Å². The molecule has 0 saturated carbocycles. The van der Waals surface area contributed by atoms with Crippen molar-refractivity contribution in [3.8, 4) is 0 Å². The van der Waals surface area contributed by atoms with Crippen molar-refractivity contribution in [1.82, 2.24) is 0 Å². The van der Waals surface area contributed by atoms with E-state index in [1.165, 1.54) is 24.0 Å². The fourth-order valence-corrected chi connectivity index (χ4v) is 2.79. The lowest BCUT2D eigenvalue weighted by atomic mass is 9.97. The predicted molar refractivity (Wildman–Crippen MR) is 76.9 cm³/mol. The summed E-state index contributed by atoms with van der Waals surface area (Å²) in [6, 6.07) is 14.2. The third-order valence-corrected chi connectivity index (χ3v) is 3.97. The van der Waals surface area contributed by atoms with Gasteiger partial charge in [0.1, 0.15) is 6.10 Å². The lowest BCUT2D eigenvalue weighted by Gasteiger charge is -2.13. The molecule has 1 aliphatic carbocycles. The standard InChI is InChI=1S/C17H19NO/c18-11-12-4-6-14(7-5-12)17(19)16-9-8-13-2-1-3-15(13)10-16/h4-10,17,19H,1-3,11,18H2. The van der Waals surface area contributed by atoms with Crippen LogP contribution in [-0.4, -0.2) is 5.11 Å². The fraction of sp³-hybridized carbons (Fsp3) is 0.294. The fourth-order valence-electron chi connectivity index (χ4n) is 2.79. The molecule has 19 heavy (non-hydrogen) atoms. The highest BCUT2D eigenvalue weighted by atomic mass is 16.3. The molecule has 0 bridgehead atoms. The molecule has 1 aliphatic rings. The number of aliphatic hydroxyl groups is 1. The van der Waals surface area contributed by atoms with Crippen LogP contribution in [0.5, 0.6) is 0 Å². The van der Waals surface area contributed by atoms with Gasteiger partial charge in [-0.1, -0.05) is 42.5 Å². The minimum absolute atomic E-state index is 0.537. The van der Waals surface area contributed by atoms with E-state index in [0.717, 1.165) is 23.1 Å². The molecule has 3 N–H and O–H groups in total. The Labute approximate surface area is 113 Å². The molecule has 2 aromatic rings. The minimum Gasteiger partial charge on any atom is -0.384 e. The highest BCUT2D eigenvalue weighted by Crippen LogP contribution is 2.28. The first-order chi connectivity index (χ1) is 9.28. The van der Waals surface area contributed by atoms with Gasteiger partial charge in [-0.15, -0.1) is 0 Å². The molecule has 2 heteroatoms. The Balaban J connectivity index is 1.88. The van der Waals surface area contributed by atoms with Gasteiger partial charge >= 0.3 is 0 Å². The average Bonchev–Trinajstić information content (AvgIpc) is 2.94. The summed E-state index contributed by atoms with van der Waals surface area (Å²) >= 11 is 0. The number of hydrogen-bond acceptors (Lipinski definition) is 2. The molecular weight excluding hydrogens is 234 g/mol. The van der Waals surface area contributed by atoms with Gasteiger partial charge in [-0.05, 0) is 47.1 Å². The van der Waals surface area contributed by atoms with Gasteiger partial charge in [-0.3, -0.25) is 0 Å². The van der Waals surface area contributed by atoms with Crippen LogP contribution < -0.4 is 5.73 Å².